The summed E-state index contributed by atoms with van der Waals surface area (Å²) in [5, 5.41) is 5.80. The summed E-state index contributed by atoms with van der Waals surface area (Å²) in [6, 6.07) is 6.27. The second-order valence-corrected chi connectivity index (χ2v) is 7.54. The number of benzene rings is 1. The Bertz CT molecular complexity index is 688. The largest absolute Gasteiger partial charge is 0.379 e. The first-order valence-electron chi connectivity index (χ1n) is 7.88. The van der Waals surface area contributed by atoms with Crippen LogP contribution in [0, 0.1) is 0 Å². The number of carbonyl (C=O) groups excluding carboxylic acids is 1. The molecule has 0 radical (unpaired) electrons. The van der Waals surface area contributed by atoms with Crippen molar-refractivity contribution in [1.82, 2.24) is 9.62 Å². The molecule has 140 valence electrons. The summed E-state index contributed by atoms with van der Waals surface area (Å²) >= 11 is 0. The third-order valence-electron chi connectivity index (χ3n) is 3.93. The Morgan fingerprint density at radius 3 is 2.68 bits per heavy atom. The molecule has 2 fully saturated rings. The number of rotatable bonds is 4. The quantitative estimate of drug-likeness (QED) is 0.753. The second kappa shape index (κ2) is 8.93. The van der Waals surface area contributed by atoms with Crippen LogP contribution in [0.4, 0.5) is 5.69 Å². The van der Waals surface area contributed by atoms with Gasteiger partial charge in [0.1, 0.15) is 6.10 Å². The molecule has 0 spiro atoms. The van der Waals surface area contributed by atoms with Crippen molar-refractivity contribution < 1.29 is 22.7 Å². The van der Waals surface area contributed by atoms with Gasteiger partial charge in [-0.15, -0.1) is 12.4 Å². The Balaban J connectivity index is 0.00000225. The third-order valence-corrected chi connectivity index (χ3v) is 5.82. The maximum atomic E-state index is 12.6. The molecule has 0 unspecified atom stereocenters. The van der Waals surface area contributed by atoms with Crippen LogP contribution in [-0.4, -0.2) is 70.7 Å². The second-order valence-electron chi connectivity index (χ2n) is 5.60. The topological polar surface area (TPSA) is 97.0 Å². The van der Waals surface area contributed by atoms with Gasteiger partial charge in [0, 0.05) is 31.9 Å². The van der Waals surface area contributed by atoms with Gasteiger partial charge in [0.15, 0.2) is 0 Å². The highest BCUT2D eigenvalue weighted by atomic mass is 35.5. The van der Waals surface area contributed by atoms with E-state index in [0.717, 1.165) is 6.54 Å². The minimum atomic E-state index is -3.59. The predicted octanol–water partition coefficient (Wildman–Crippen LogP) is 0.0562. The fourth-order valence-electron chi connectivity index (χ4n) is 2.63. The lowest BCUT2D eigenvalue weighted by Crippen LogP contribution is -2.45. The third kappa shape index (κ3) is 4.90. The zero-order chi connectivity index (χ0) is 17.0. The molecule has 10 heteroatoms. The zero-order valence-electron chi connectivity index (χ0n) is 13.6. The highest BCUT2D eigenvalue weighted by Crippen LogP contribution is 2.20. The molecule has 0 aliphatic carbocycles. The van der Waals surface area contributed by atoms with E-state index in [4.69, 9.17) is 9.47 Å². The zero-order valence-corrected chi connectivity index (χ0v) is 15.3. The van der Waals surface area contributed by atoms with E-state index in [-0.39, 0.29) is 23.2 Å². The minimum absolute atomic E-state index is 0. The fraction of sp³-hybridized carbons (Fsp3) is 0.533. The lowest BCUT2D eigenvalue weighted by Gasteiger charge is -2.26. The predicted molar refractivity (Wildman–Crippen MR) is 94.5 cm³/mol. The van der Waals surface area contributed by atoms with Crippen LogP contribution >= 0.6 is 12.4 Å². The summed E-state index contributed by atoms with van der Waals surface area (Å²) in [6.07, 6.45) is -0.571. The van der Waals surface area contributed by atoms with Gasteiger partial charge in [0.2, 0.25) is 10.0 Å². The van der Waals surface area contributed by atoms with Crippen LogP contribution in [-0.2, 0) is 24.3 Å². The van der Waals surface area contributed by atoms with Crippen molar-refractivity contribution in [2.24, 2.45) is 0 Å². The van der Waals surface area contributed by atoms with Gasteiger partial charge >= 0.3 is 0 Å². The van der Waals surface area contributed by atoms with Crippen molar-refractivity contribution in [3.8, 4) is 0 Å². The van der Waals surface area contributed by atoms with Crippen LogP contribution in [0.3, 0.4) is 0 Å². The van der Waals surface area contributed by atoms with Gasteiger partial charge in [0.05, 0.1) is 24.7 Å². The summed E-state index contributed by atoms with van der Waals surface area (Å²) in [7, 11) is -3.59. The van der Waals surface area contributed by atoms with E-state index in [1.54, 1.807) is 12.1 Å². The Morgan fingerprint density at radius 2 is 2.00 bits per heavy atom. The first kappa shape index (κ1) is 20.1. The highest BCUT2D eigenvalue weighted by Gasteiger charge is 2.27. The van der Waals surface area contributed by atoms with Gasteiger partial charge in [-0.05, 0) is 18.2 Å². The molecule has 0 aromatic heterocycles. The molecule has 0 bridgehead atoms. The molecule has 1 amide bonds. The van der Waals surface area contributed by atoms with Crippen molar-refractivity contribution in [2.45, 2.75) is 11.0 Å². The SMILES string of the molecule is Cl.O=C(Nc1cccc(S(=O)(=O)N2CCOCC2)c1)[C@H]1CNCCO1. The van der Waals surface area contributed by atoms with Gasteiger partial charge in [0.25, 0.3) is 5.91 Å². The summed E-state index contributed by atoms with van der Waals surface area (Å²) < 4.78 is 37.3. The number of morpholine rings is 2. The van der Waals surface area contributed by atoms with Crippen LogP contribution in [0.2, 0.25) is 0 Å². The Labute approximate surface area is 153 Å². The van der Waals surface area contributed by atoms with Crippen LogP contribution in [0.25, 0.3) is 0 Å². The molecule has 2 aliphatic heterocycles. The maximum Gasteiger partial charge on any atom is 0.254 e. The van der Waals surface area contributed by atoms with Crippen LogP contribution in [0.5, 0.6) is 0 Å². The molecule has 8 nitrogen and oxygen atoms in total. The Morgan fingerprint density at radius 1 is 1.24 bits per heavy atom. The number of halogens is 1. The van der Waals surface area contributed by atoms with Crippen LogP contribution < -0.4 is 10.6 Å². The average Bonchev–Trinajstić information content (AvgIpc) is 2.63. The highest BCUT2D eigenvalue weighted by molar-refractivity contribution is 7.89. The first-order chi connectivity index (χ1) is 11.6. The molecule has 0 saturated carbocycles. The van der Waals surface area contributed by atoms with E-state index >= 15 is 0 Å². The van der Waals surface area contributed by atoms with Crippen molar-refractivity contribution in [3.63, 3.8) is 0 Å². The van der Waals surface area contributed by atoms with E-state index in [9.17, 15) is 13.2 Å². The molecular weight excluding hydrogens is 370 g/mol. The van der Waals surface area contributed by atoms with Gasteiger partial charge in [-0.25, -0.2) is 8.42 Å². The molecule has 1 aromatic rings. The molecule has 25 heavy (non-hydrogen) atoms. The van der Waals surface area contributed by atoms with Crippen LogP contribution in [0.1, 0.15) is 0 Å². The van der Waals surface area contributed by atoms with E-state index in [0.29, 0.717) is 45.1 Å². The van der Waals surface area contributed by atoms with Gasteiger partial charge in [-0.3, -0.25) is 4.79 Å². The van der Waals surface area contributed by atoms with Gasteiger partial charge < -0.3 is 20.1 Å². The molecule has 2 aliphatic rings. The summed E-state index contributed by atoms with van der Waals surface area (Å²) in [6.45, 7) is 3.09. The number of ether oxygens (including phenoxy) is 2. The number of amides is 1. The number of nitrogens with zero attached hydrogens (tertiary/aromatic N) is 1. The lowest BCUT2D eigenvalue weighted by molar-refractivity contribution is -0.128. The standard InChI is InChI=1S/C15H21N3O5S.ClH/c19-15(14-11-16-4-7-23-14)17-12-2-1-3-13(10-12)24(20,21)18-5-8-22-9-6-18;/h1-3,10,14,16H,4-9,11H2,(H,17,19);1H/t14-;/m1./s1. The van der Waals surface area contributed by atoms with Gasteiger partial charge in [-0.2, -0.15) is 4.31 Å². The van der Waals surface area contributed by atoms with E-state index in [2.05, 4.69) is 10.6 Å². The smallest absolute Gasteiger partial charge is 0.254 e. The minimum Gasteiger partial charge on any atom is -0.379 e. The van der Waals surface area contributed by atoms with Crippen LogP contribution in [0.15, 0.2) is 29.2 Å². The van der Waals surface area contributed by atoms with Crippen molar-refractivity contribution in [2.75, 3.05) is 51.3 Å². The number of hydrogen-bond acceptors (Lipinski definition) is 6. The average molecular weight is 392 g/mol. The normalized spacial score (nSPS) is 22.0. The number of sulfonamides is 1. The van der Waals surface area contributed by atoms with Gasteiger partial charge in [-0.1, -0.05) is 6.07 Å². The summed E-state index contributed by atoms with van der Waals surface area (Å²) in [4.78, 5) is 12.3. The van der Waals surface area contributed by atoms with E-state index < -0.39 is 16.1 Å². The van der Waals surface area contributed by atoms with Crippen molar-refractivity contribution in [1.29, 1.82) is 0 Å². The molecule has 1 atom stereocenters. The number of carbonyl (C=O) groups is 1. The van der Waals surface area contributed by atoms with E-state index in [1.165, 1.54) is 16.4 Å². The van der Waals surface area contributed by atoms with E-state index in [1.807, 2.05) is 0 Å². The first-order valence-corrected chi connectivity index (χ1v) is 9.32. The molecule has 1 aromatic carbocycles. The summed E-state index contributed by atoms with van der Waals surface area (Å²) in [5.74, 6) is -0.289. The Kier molecular flexibility index (Phi) is 7.17. The van der Waals surface area contributed by atoms with Crippen molar-refractivity contribution >= 4 is 34.0 Å². The molecular formula is C15H22ClN3O5S. The Hall–Kier alpha value is -1.23. The molecule has 2 N–H and O–H groups in total. The monoisotopic (exact) mass is 391 g/mol. The molecule has 2 heterocycles. The number of anilines is 1. The maximum absolute atomic E-state index is 12.6. The lowest BCUT2D eigenvalue weighted by atomic mass is 10.2. The molecule has 2 saturated heterocycles. The fourth-order valence-corrected chi connectivity index (χ4v) is 4.08. The number of hydrogen-bond donors (Lipinski definition) is 2. The molecule has 3 rings (SSSR count). The summed E-state index contributed by atoms with van der Waals surface area (Å²) in [5.41, 5.74) is 0.434. The van der Waals surface area contributed by atoms with Crippen molar-refractivity contribution in [3.05, 3.63) is 24.3 Å². The number of nitrogens with one attached hydrogen (secondary N) is 2.